The molecule has 2 aromatic heterocycles. The first-order chi connectivity index (χ1) is 11.5. The SMILES string of the molecule is Cc1nn(C)c(C)c1NC(=O)CSc1ncc(-c2ccccc2)[nH]1. The Morgan fingerprint density at radius 1 is 1.29 bits per heavy atom. The van der Waals surface area contributed by atoms with E-state index in [-0.39, 0.29) is 11.7 Å². The fraction of sp³-hybridized carbons (Fsp3) is 0.235. The fourth-order valence-corrected chi connectivity index (χ4v) is 3.05. The minimum absolute atomic E-state index is 0.0724. The average molecular weight is 341 g/mol. The zero-order valence-electron chi connectivity index (χ0n) is 13.8. The second-order valence-electron chi connectivity index (χ2n) is 5.47. The van der Waals surface area contributed by atoms with Crippen LogP contribution < -0.4 is 5.32 Å². The lowest BCUT2D eigenvalue weighted by Gasteiger charge is -2.04. The number of H-pyrrole nitrogens is 1. The fourth-order valence-electron chi connectivity index (χ4n) is 2.40. The van der Waals surface area contributed by atoms with Crippen molar-refractivity contribution in [1.29, 1.82) is 0 Å². The molecule has 3 aromatic rings. The summed E-state index contributed by atoms with van der Waals surface area (Å²) in [6.45, 7) is 3.82. The molecule has 0 atom stereocenters. The summed E-state index contributed by atoms with van der Waals surface area (Å²) < 4.78 is 1.76. The molecule has 0 bridgehead atoms. The molecule has 0 spiro atoms. The molecule has 2 N–H and O–H groups in total. The number of nitrogens with zero attached hydrogens (tertiary/aromatic N) is 3. The smallest absolute Gasteiger partial charge is 0.234 e. The van der Waals surface area contributed by atoms with Gasteiger partial charge in [0.25, 0.3) is 0 Å². The molecule has 3 rings (SSSR count). The third-order valence-electron chi connectivity index (χ3n) is 3.75. The highest BCUT2D eigenvalue weighted by atomic mass is 32.2. The first-order valence-electron chi connectivity index (χ1n) is 7.58. The quantitative estimate of drug-likeness (QED) is 0.699. The van der Waals surface area contributed by atoms with Gasteiger partial charge in [-0.05, 0) is 19.4 Å². The lowest BCUT2D eigenvalue weighted by Crippen LogP contribution is -2.15. The van der Waals surface area contributed by atoms with Gasteiger partial charge in [0.2, 0.25) is 5.91 Å². The summed E-state index contributed by atoms with van der Waals surface area (Å²) in [6.07, 6.45) is 1.78. The molecule has 1 amide bonds. The van der Waals surface area contributed by atoms with Gasteiger partial charge in [0.05, 0.1) is 34.7 Å². The number of aromatic nitrogens is 4. The number of imidazole rings is 1. The Labute approximate surface area is 144 Å². The molecule has 0 unspecified atom stereocenters. The van der Waals surface area contributed by atoms with Gasteiger partial charge in [-0.25, -0.2) is 4.98 Å². The zero-order valence-corrected chi connectivity index (χ0v) is 14.6. The standard InChI is InChI=1S/C17H19N5OS/c1-11-16(12(2)22(3)21-11)20-15(23)10-24-17-18-9-14(19-17)13-7-5-4-6-8-13/h4-9H,10H2,1-3H3,(H,18,19)(H,20,23). The maximum Gasteiger partial charge on any atom is 0.234 e. The van der Waals surface area contributed by atoms with Crippen LogP contribution in [-0.4, -0.2) is 31.4 Å². The van der Waals surface area contributed by atoms with Crippen molar-refractivity contribution >= 4 is 23.4 Å². The van der Waals surface area contributed by atoms with Crippen LogP contribution in [-0.2, 0) is 11.8 Å². The molecule has 24 heavy (non-hydrogen) atoms. The predicted molar refractivity (Wildman–Crippen MR) is 96.1 cm³/mol. The Bertz CT molecular complexity index is 853. The van der Waals surface area contributed by atoms with Gasteiger partial charge < -0.3 is 10.3 Å². The maximum atomic E-state index is 12.2. The summed E-state index contributed by atoms with van der Waals surface area (Å²) in [6, 6.07) is 9.97. The van der Waals surface area contributed by atoms with Crippen molar-refractivity contribution in [3.8, 4) is 11.3 Å². The van der Waals surface area contributed by atoms with Gasteiger partial charge in [-0.15, -0.1) is 0 Å². The van der Waals surface area contributed by atoms with Crippen molar-refractivity contribution in [2.75, 3.05) is 11.1 Å². The topological polar surface area (TPSA) is 75.6 Å². The lowest BCUT2D eigenvalue weighted by molar-refractivity contribution is -0.113. The number of aromatic amines is 1. The van der Waals surface area contributed by atoms with Crippen LogP contribution in [0.15, 0.2) is 41.7 Å². The highest BCUT2D eigenvalue weighted by molar-refractivity contribution is 7.99. The van der Waals surface area contributed by atoms with Gasteiger partial charge >= 0.3 is 0 Å². The number of anilines is 1. The largest absolute Gasteiger partial charge is 0.333 e. The Morgan fingerprint density at radius 2 is 2.04 bits per heavy atom. The van der Waals surface area contributed by atoms with Gasteiger partial charge in [-0.1, -0.05) is 42.1 Å². The molecule has 7 heteroatoms. The summed E-state index contributed by atoms with van der Waals surface area (Å²) in [5.74, 6) is 0.215. The monoisotopic (exact) mass is 341 g/mol. The molecule has 0 fully saturated rings. The van der Waals surface area contributed by atoms with Gasteiger partial charge in [0.1, 0.15) is 0 Å². The Morgan fingerprint density at radius 3 is 2.71 bits per heavy atom. The van der Waals surface area contributed by atoms with Gasteiger partial charge in [-0.2, -0.15) is 5.10 Å². The molecule has 2 heterocycles. The molecule has 0 aliphatic carbocycles. The van der Waals surface area contributed by atoms with Crippen LogP contribution >= 0.6 is 11.8 Å². The first kappa shape index (κ1) is 16.3. The number of amides is 1. The summed E-state index contributed by atoms with van der Waals surface area (Å²) in [5, 5.41) is 7.94. The average Bonchev–Trinajstić information content (AvgIpc) is 3.15. The highest BCUT2D eigenvalue weighted by Crippen LogP contribution is 2.22. The second-order valence-corrected chi connectivity index (χ2v) is 6.44. The molecule has 0 saturated carbocycles. The number of hydrogen-bond donors (Lipinski definition) is 2. The number of carbonyl (C=O) groups excluding carboxylic acids is 1. The number of nitrogens with one attached hydrogen (secondary N) is 2. The van der Waals surface area contributed by atoms with E-state index < -0.39 is 0 Å². The van der Waals surface area contributed by atoms with Crippen LogP contribution in [0, 0.1) is 13.8 Å². The van der Waals surface area contributed by atoms with Crippen LogP contribution in [0.2, 0.25) is 0 Å². The number of aryl methyl sites for hydroxylation is 2. The normalized spacial score (nSPS) is 10.8. The van der Waals surface area contributed by atoms with E-state index in [9.17, 15) is 4.79 Å². The van der Waals surface area contributed by atoms with Crippen LogP contribution in [0.5, 0.6) is 0 Å². The summed E-state index contributed by atoms with van der Waals surface area (Å²) in [5.41, 5.74) is 4.56. The molecule has 1 aromatic carbocycles. The Balaban J connectivity index is 1.60. The van der Waals surface area contributed by atoms with Gasteiger partial charge in [-0.3, -0.25) is 9.48 Å². The number of benzene rings is 1. The zero-order chi connectivity index (χ0) is 17.1. The molecule has 0 saturated heterocycles. The molecule has 0 radical (unpaired) electrons. The number of hydrogen-bond acceptors (Lipinski definition) is 4. The van der Waals surface area contributed by atoms with E-state index >= 15 is 0 Å². The molecular formula is C17H19N5OS. The number of carbonyl (C=O) groups is 1. The van der Waals surface area contributed by atoms with Crippen molar-refractivity contribution in [1.82, 2.24) is 19.7 Å². The van der Waals surface area contributed by atoms with E-state index in [2.05, 4.69) is 20.4 Å². The highest BCUT2D eigenvalue weighted by Gasteiger charge is 2.13. The summed E-state index contributed by atoms with van der Waals surface area (Å²) in [7, 11) is 1.86. The van der Waals surface area contributed by atoms with Crippen LogP contribution in [0.1, 0.15) is 11.4 Å². The van der Waals surface area contributed by atoms with Crippen molar-refractivity contribution in [2.24, 2.45) is 7.05 Å². The Kier molecular flexibility index (Phi) is 4.71. The van der Waals surface area contributed by atoms with E-state index in [1.165, 1.54) is 11.8 Å². The van der Waals surface area contributed by atoms with Crippen LogP contribution in [0.4, 0.5) is 5.69 Å². The number of thioether (sulfide) groups is 1. The first-order valence-corrected chi connectivity index (χ1v) is 8.56. The van der Waals surface area contributed by atoms with Crippen molar-refractivity contribution < 1.29 is 4.79 Å². The predicted octanol–water partition coefficient (Wildman–Crippen LogP) is 3.16. The van der Waals surface area contributed by atoms with Crippen molar-refractivity contribution in [3.63, 3.8) is 0 Å². The molecule has 0 aliphatic rings. The van der Waals surface area contributed by atoms with Crippen LogP contribution in [0.3, 0.4) is 0 Å². The van der Waals surface area contributed by atoms with Gasteiger partial charge in [0, 0.05) is 7.05 Å². The summed E-state index contributed by atoms with van der Waals surface area (Å²) in [4.78, 5) is 19.7. The van der Waals surface area contributed by atoms with E-state index in [1.54, 1.807) is 10.9 Å². The minimum atomic E-state index is -0.0724. The molecule has 0 aliphatic heterocycles. The van der Waals surface area contributed by atoms with Gasteiger partial charge in [0.15, 0.2) is 5.16 Å². The molecule has 6 nitrogen and oxygen atoms in total. The second kappa shape index (κ2) is 6.92. The number of rotatable bonds is 5. The third-order valence-corrected chi connectivity index (χ3v) is 4.64. The van der Waals surface area contributed by atoms with E-state index in [0.29, 0.717) is 0 Å². The third kappa shape index (κ3) is 3.51. The van der Waals surface area contributed by atoms with E-state index in [0.717, 1.165) is 33.5 Å². The minimum Gasteiger partial charge on any atom is -0.333 e. The Hall–Kier alpha value is -2.54. The van der Waals surface area contributed by atoms with E-state index in [1.807, 2.05) is 51.2 Å². The van der Waals surface area contributed by atoms with Crippen molar-refractivity contribution in [3.05, 3.63) is 47.9 Å². The lowest BCUT2D eigenvalue weighted by atomic mass is 10.2. The molecule has 124 valence electrons. The maximum absolute atomic E-state index is 12.2. The summed E-state index contributed by atoms with van der Waals surface area (Å²) >= 11 is 1.38. The van der Waals surface area contributed by atoms with Crippen molar-refractivity contribution in [2.45, 2.75) is 19.0 Å². The molecular weight excluding hydrogens is 322 g/mol. The van der Waals surface area contributed by atoms with Crippen LogP contribution in [0.25, 0.3) is 11.3 Å². The van der Waals surface area contributed by atoms with E-state index in [4.69, 9.17) is 0 Å².